The van der Waals surface area contributed by atoms with E-state index in [1.54, 1.807) is 12.7 Å². The predicted molar refractivity (Wildman–Crippen MR) is 59.7 cm³/mol. The van der Waals surface area contributed by atoms with Crippen LogP contribution in [0.15, 0.2) is 36.9 Å². The maximum absolute atomic E-state index is 3.79. The molecular formula is C12H15N3. The number of hydrogen-bond donors (Lipinski definition) is 0. The minimum absolute atomic E-state index is 0.575. The van der Waals surface area contributed by atoms with Crippen molar-refractivity contribution in [3.63, 3.8) is 0 Å². The molecule has 0 fully saturated rings. The molecule has 3 heteroatoms. The van der Waals surface area contributed by atoms with Crippen LogP contribution in [-0.2, 0) is 6.54 Å². The van der Waals surface area contributed by atoms with Crippen molar-refractivity contribution in [2.24, 2.45) is 0 Å². The molecule has 0 N–H and O–H groups in total. The summed E-state index contributed by atoms with van der Waals surface area (Å²) in [4.78, 5) is 0. The number of hydrogen-bond acceptors (Lipinski definition) is 2. The smallest absolute Gasteiger partial charge is 0.119 e. The Bertz CT molecular complexity index is 418. The van der Waals surface area contributed by atoms with Crippen molar-refractivity contribution in [1.29, 1.82) is 0 Å². The van der Waals surface area contributed by atoms with Gasteiger partial charge in [-0.25, -0.2) is 0 Å². The first-order valence-electron chi connectivity index (χ1n) is 5.17. The Morgan fingerprint density at radius 3 is 2.60 bits per heavy atom. The first-order valence-corrected chi connectivity index (χ1v) is 5.17. The summed E-state index contributed by atoms with van der Waals surface area (Å²) < 4.78 is 1.97. The molecule has 2 rings (SSSR count). The lowest BCUT2D eigenvalue weighted by atomic mass is 10.0. The van der Waals surface area contributed by atoms with E-state index in [1.807, 2.05) is 4.57 Å². The van der Waals surface area contributed by atoms with Crippen LogP contribution in [0.25, 0.3) is 0 Å². The Hall–Kier alpha value is -1.64. The zero-order valence-corrected chi connectivity index (χ0v) is 9.09. The van der Waals surface area contributed by atoms with Gasteiger partial charge in [-0.05, 0) is 17.0 Å². The fraction of sp³-hybridized carbons (Fsp3) is 0.333. The van der Waals surface area contributed by atoms with Crippen molar-refractivity contribution in [3.05, 3.63) is 48.0 Å². The minimum Gasteiger partial charge on any atom is -0.316 e. The summed E-state index contributed by atoms with van der Waals surface area (Å²) in [6.45, 7) is 5.25. The van der Waals surface area contributed by atoms with E-state index in [9.17, 15) is 0 Å². The molecule has 0 bridgehead atoms. The number of nitrogens with zero attached hydrogens (tertiary/aromatic N) is 3. The van der Waals surface area contributed by atoms with E-state index in [0.717, 1.165) is 6.54 Å². The van der Waals surface area contributed by atoms with Crippen LogP contribution in [0.4, 0.5) is 0 Å². The normalized spacial score (nSPS) is 10.9. The second-order valence-corrected chi connectivity index (χ2v) is 4.03. The van der Waals surface area contributed by atoms with Crippen LogP contribution in [0.2, 0.25) is 0 Å². The van der Waals surface area contributed by atoms with E-state index in [0.29, 0.717) is 5.92 Å². The van der Waals surface area contributed by atoms with Crippen LogP contribution in [0.5, 0.6) is 0 Å². The number of benzene rings is 1. The second-order valence-electron chi connectivity index (χ2n) is 4.03. The molecule has 0 aliphatic heterocycles. The Balaban J connectivity index is 2.18. The van der Waals surface area contributed by atoms with E-state index >= 15 is 0 Å². The van der Waals surface area contributed by atoms with Gasteiger partial charge in [0.15, 0.2) is 0 Å². The molecule has 0 amide bonds. The highest BCUT2D eigenvalue weighted by molar-refractivity contribution is 5.25. The van der Waals surface area contributed by atoms with Gasteiger partial charge in [0.1, 0.15) is 12.7 Å². The third-order valence-corrected chi connectivity index (χ3v) is 2.45. The fourth-order valence-corrected chi connectivity index (χ4v) is 1.57. The highest BCUT2D eigenvalue weighted by Gasteiger charge is 2.00. The van der Waals surface area contributed by atoms with Gasteiger partial charge in [-0.15, -0.1) is 10.2 Å². The van der Waals surface area contributed by atoms with Crippen molar-refractivity contribution in [2.45, 2.75) is 26.3 Å². The summed E-state index contributed by atoms with van der Waals surface area (Å²) >= 11 is 0. The topological polar surface area (TPSA) is 30.7 Å². The molecule has 1 heterocycles. The average molecular weight is 201 g/mol. The van der Waals surface area contributed by atoms with Gasteiger partial charge in [-0.3, -0.25) is 0 Å². The van der Waals surface area contributed by atoms with E-state index in [1.165, 1.54) is 11.1 Å². The van der Waals surface area contributed by atoms with Crippen molar-refractivity contribution in [3.8, 4) is 0 Å². The van der Waals surface area contributed by atoms with E-state index in [-0.39, 0.29) is 0 Å². The van der Waals surface area contributed by atoms with E-state index < -0.39 is 0 Å². The summed E-state index contributed by atoms with van der Waals surface area (Å²) in [7, 11) is 0. The molecule has 0 aliphatic rings. The van der Waals surface area contributed by atoms with Crippen molar-refractivity contribution in [1.82, 2.24) is 14.8 Å². The molecule has 1 aromatic heterocycles. The summed E-state index contributed by atoms with van der Waals surface area (Å²) in [6.07, 6.45) is 3.48. The van der Waals surface area contributed by atoms with Crippen LogP contribution in [0.3, 0.4) is 0 Å². The first kappa shape index (κ1) is 9.90. The molecular weight excluding hydrogens is 186 g/mol. The van der Waals surface area contributed by atoms with Crippen LogP contribution in [0, 0.1) is 0 Å². The Labute approximate surface area is 89.8 Å². The van der Waals surface area contributed by atoms with Gasteiger partial charge in [0.25, 0.3) is 0 Å². The zero-order valence-electron chi connectivity index (χ0n) is 9.09. The molecule has 0 saturated carbocycles. The highest BCUT2D eigenvalue weighted by Crippen LogP contribution is 2.15. The van der Waals surface area contributed by atoms with Gasteiger partial charge >= 0.3 is 0 Å². The van der Waals surface area contributed by atoms with Crippen LogP contribution in [0.1, 0.15) is 30.9 Å². The molecule has 0 atom stereocenters. The standard InChI is InChI=1S/C12H15N3/c1-10(2)12-5-3-4-11(6-12)7-15-8-13-14-9-15/h3-6,8-10H,7H2,1-2H3. The lowest BCUT2D eigenvalue weighted by Gasteiger charge is -2.08. The maximum atomic E-state index is 3.79. The monoisotopic (exact) mass is 201 g/mol. The zero-order chi connectivity index (χ0) is 10.7. The fourth-order valence-electron chi connectivity index (χ4n) is 1.57. The SMILES string of the molecule is CC(C)c1cccc(Cn2cnnc2)c1. The van der Waals surface area contributed by atoms with Gasteiger partial charge in [0, 0.05) is 0 Å². The lowest BCUT2D eigenvalue weighted by Crippen LogP contribution is -1.97. The van der Waals surface area contributed by atoms with E-state index in [2.05, 4.69) is 48.3 Å². The predicted octanol–water partition coefficient (Wildman–Crippen LogP) is 2.45. The molecule has 78 valence electrons. The highest BCUT2D eigenvalue weighted by atomic mass is 15.2. The Morgan fingerprint density at radius 1 is 1.20 bits per heavy atom. The molecule has 15 heavy (non-hydrogen) atoms. The number of rotatable bonds is 3. The molecule has 0 unspecified atom stereocenters. The molecule has 0 saturated heterocycles. The lowest BCUT2D eigenvalue weighted by molar-refractivity contribution is 0.787. The second kappa shape index (κ2) is 4.26. The van der Waals surface area contributed by atoms with Gasteiger partial charge in [-0.2, -0.15) is 0 Å². The van der Waals surface area contributed by atoms with Crippen LogP contribution < -0.4 is 0 Å². The van der Waals surface area contributed by atoms with Gasteiger partial charge in [0.2, 0.25) is 0 Å². The van der Waals surface area contributed by atoms with E-state index in [4.69, 9.17) is 0 Å². The summed E-state index contributed by atoms with van der Waals surface area (Å²) in [6, 6.07) is 8.64. The van der Waals surface area contributed by atoms with Gasteiger partial charge < -0.3 is 4.57 Å². The molecule has 0 radical (unpaired) electrons. The Morgan fingerprint density at radius 2 is 1.93 bits per heavy atom. The molecule has 3 nitrogen and oxygen atoms in total. The maximum Gasteiger partial charge on any atom is 0.119 e. The summed E-state index contributed by atoms with van der Waals surface area (Å²) in [5.41, 5.74) is 2.67. The summed E-state index contributed by atoms with van der Waals surface area (Å²) in [5.74, 6) is 0.575. The quantitative estimate of drug-likeness (QED) is 0.763. The first-order chi connectivity index (χ1) is 7.25. The van der Waals surface area contributed by atoms with Crippen LogP contribution in [-0.4, -0.2) is 14.8 Å². The molecule has 0 aliphatic carbocycles. The summed E-state index contributed by atoms with van der Waals surface area (Å²) in [5, 5.41) is 7.58. The van der Waals surface area contributed by atoms with Gasteiger partial charge in [0.05, 0.1) is 6.54 Å². The Kier molecular flexibility index (Phi) is 2.81. The van der Waals surface area contributed by atoms with Crippen molar-refractivity contribution < 1.29 is 0 Å². The largest absolute Gasteiger partial charge is 0.316 e. The molecule has 0 spiro atoms. The average Bonchev–Trinajstić information content (AvgIpc) is 2.71. The minimum atomic E-state index is 0.575. The molecule has 1 aromatic carbocycles. The third kappa shape index (κ3) is 2.43. The van der Waals surface area contributed by atoms with Crippen molar-refractivity contribution in [2.75, 3.05) is 0 Å². The van der Waals surface area contributed by atoms with Crippen LogP contribution >= 0.6 is 0 Å². The van der Waals surface area contributed by atoms with Gasteiger partial charge in [-0.1, -0.05) is 38.1 Å². The number of aromatic nitrogens is 3. The molecule has 2 aromatic rings. The van der Waals surface area contributed by atoms with Crippen molar-refractivity contribution >= 4 is 0 Å². The third-order valence-electron chi connectivity index (χ3n) is 2.45.